The Labute approximate surface area is 243 Å². The molecule has 0 radical (unpaired) electrons. The Morgan fingerprint density at radius 3 is 2.00 bits per heavy atom. The van der Waals surface area contributed by atoms with Gasteiger partial charge in [-0.15, -0.1) is 0 Å². The minimum absolute atomic E-state index is 0.102. The second kappa shape index (κ2) is 11.9. The number of carboxylic acid groups (broad SMARTS) is 1. The number of carboxylic acids is 1. The van der Waals surface area contributed by atoms with E-state index in [2.05, 4.69) is 10.0 Å². The lowest BCUT2D eigenvalue weighted by Crippen LogP contribution is -2.44. The summed E-state index contributed by atoms with van der Waals surface area (Å²) in [7, 11) is -4.08. The molecule has 0 bridgehead atoms. The molecule has 4 N–H and O–H groups in total. The van der Waals surface area contributed by atoms with E-state index in [-0.39, 0.29) is 32.9 Å². The van der Waals surface area contributed by atoms with Crippen LogP contribution in [0, 0.1) is 12.8 Å². The number of aliphatic carboxylic acids is 1. The van der Waals surface area contributed by atoms with Gasteiger partial charge >= 0.3 is 18.1 Å². The smallest absolute Gasteiger partial charge is 0.471 e. The minimum atomic E-state index is -5.10. The highest BCUT2D eigenvalue weighted by Crippen LogP contribution is 2.33. The average Bonchev–Trinajstić information content (AvgIpc) is 3.28. The van der Waals surface area contributed by atoms with E-state index in [9.17, 15) is 41.1 Å². The highest BCUT2D eigenvalue weighted by molar-refractivity contribution is 7.89. The van der Waals surface area contributed by atoms with Gasteiger partial charge in [0.2, 0.25) is 10.0 Å². The summed E-state index contributed by atoms with van der Waals surface area (Å²) in [6, 6.07) is 15.2. The molecule has 1 atom stereocenters. The molecule has 4 aromatic rings. The lowest BCUT2D eigenvalue weighted by atomic mass is 10.1. The molecule has 10 nitrogen and oxygen atoms in total. The van der Waals surface area contributed by atoms with E-state index in [0.717, 1.165) is 0 Å². The van der Waals surface area contributed by atoms with Crippen molar-refractivity contribution < 1.29 is 45.5 Å². The van der Waals surface area contributed by atoms with Crippen molar-refractivity contribution in [2.45, 2.75) is 37.9 Å². The second-order valence-corrected chi connectivity index (χ2v) is 11.6. The number of alkyl halides is 3. The topological polar surface area (TPSA) is 155 Å². The van der Waals surface area contributed by atoms with Crippen LogP contribution in [0.15, 0.2) is 76.0 Å². The summed E-state index contributed by atoms with van der Waals surface area (Å²) in [6.45, 7) is 4.67. The maximum absolute atomic E-state index is 13.0. The Hall–Kier alpha value is -4.69. The molecular weight excluding hydrogens is 591 g/mol. The number of hydrogen-bond donors (Lipinski definition) is 4. The Morgan fingerprint density at radius 2 is 1.47 bits per heavy atom. The number of aryl methyl sites for hydroxylation is 1. The van der Waals surface area contributed by atoms with E-state index >= 15 is 0 Å². The highest BCUT2D eigenvalue weighted by atomic mass is 32.2. The van der Waals surface area contributed by atoms with Crippen LogP contribution in [0.25, 0.3) is 22.1 Å². The number of carbonyl (C=O) groups is 3. The van der Waals surface area contributed by atoms with Gasteiger partial charge in [-0.3, -0.25) is 14.4 Å². The van der Waals surface area contributed by atoms with Crippen LogP contribution in [0.1, 0.15) is 30.0 Å². The number of anilines is 2. The van der Waals surface area contributed by atoms with Gasteiger partial charge in [0.05, 0.1) is 10.6 Å². The summed E-state index contributed by atoms with van der Waals surface area (Å²) in [5, 5.41) is 13.9. The zero-order chi connectivity index (χ0) is 31.7. The average molecular weight is 618 g/mol. The van der Waals surface area contributed by atoms with Gasteiger partial charge < -0.3 is 20.2 Å². The molecule has 1 aromatic heterocycles. The summed E-state index contributed by atoms with van der Waals surface area (Å²) in [5.74, 6) is -4.72. The lowest BCUT2D eigenvalue weighted by Gasteiger charge is -2.18. The SMILES string of the molecule is Cc1c(C(=O)Nc2ccc(-c3ccc(S(=O)(=O)N[C@H](C(=O)O)C(C)C)cc3)cc2)oc2cccc(NC(=O)C(F)(F)F)c12. The van der Waals surface area contributed by atoms with Gasteiger partial charge in [-0.25, -0.2) is 8.42 Å². The van der Waals surface area contributed by atoms with Crippen molar-refractivity contribution in [3.63, 3.8) is 0 Å². The maximum Gasteiger partial charge on any atom is 0.471 e. The van der Waals surface area contributed by atoms with E-state index in [0.29, 0.717) is 16.8 Å². The van der Waals surface area contributed by atoms with Crippen molar-refractivity contribution in [2.75, 3.05) is 10.6 Å². The minimum Gasteiger partial charge on any atom is -0.480 e. The van der Waals surface area contributed by atoms with Gasteiger partial charge in [-0.1, -0.05) is 44.2 Å². The first-order chi connectivity index (χ1) is 20.1. The second-order valence-electron chi connectivity index (χ2n) is 9.92. The van der Waals surface area contributed by atoms with Crippen LogP contribution in [0.2, 0.25) is 0 Å². The van der Waals surface area contributed by atoms with Crippen molar-refractivity contribution in [3.8, 4) is 11.1 Å². The quantitative estimate of drug-likeness (QED) is 0.192. The zero-order valence-corrected chi connectivity index (χ0v) is 23.8. The number of nitrogens with one attached hydrogen (secondary N) is 3. The van der Waals surface area contributed by atoms with Gasteiger partial charge in [-0.2, -0.15) is 17.9 Å². The van der Waals surface area contributed by atoms with Crippen molar-refractivity contribution in [2.24, 2.45) is 5.92 Å². The third-order valence-corrected chi connectivity index (χ3v) is 7.98. The maximum atomic E-state index is 13.0. The van der Waals surface area contributed by atoms with Gasteiger partial charge in [-0.05, 0) is 60.4 Å². The Bertz CT molecular complexity index is 1800. The number of carbonyl (C=O) groups excluding carboxylic acids is 2. The number of amides is 2. The predicted molar refractivity (Wildman–Crippen MR) is 152 cm³/mol. The van der Waals surface area contributed by atoms with Crippen LogP contribution in [-0.4, -0.2) is 43.5 Å². The number of rotatable bonds is 9. The predicted octanol–water partition coefficient (Wildman–Crippen LogP) is 5.55. The molecule has 4 rings (SSSR count). The third-order valence-electron chi connectivity index (χ3n) is 6.52. The standard InChI is InChI=1S/C29H26F3N3O7S/c1-15(2)24(27(37)38)35-43(40,41)20-13-9-18(10-14-20)17-7-11-19(12-8-17)33-26(36)25-16(3)23-21(5-4-6-22(23)42-25)34-28(39)29(30,31)32/h4-15,24,35H,1-3H3,(H,33,36)(H,34,39)(H,37,38)/t24-/m0/s1. The lowest BCUT2D eigenvalue weighted by molar-refractivity contribution is -0.167. The van der Waals surface area contributed by atoms with Crippen molar-refractivity contribution >= 4 is 50.2 Å². The third kappa shape index (κ3) is 6.87. The molecular formula is C29H26F3N3O7S. The molecule has 0 aliphatic heterocycles. The first-order valence-corrected chi connectivity index (χ1v) is 14.2. The normalized spacial score (nSPS) is 12.7. The molecule has 14 heteroatoms. The fourth-order valence-electron chi connectivity index (χ4n) is 4.28. The van der Waals surface area contributed by atoms with Crippen LogP contribution < -0.4 is 15.4 Å². The number of fused-ring (bicyclic) bond motifs is 1. The van der Waals surface area contributed by atoms with E-state index in [1.54, 1.807) is 55.6 Å². The van der Waals surface area contributed by atoms with Crippen LogP contribution in [0.3, 0.4) is 0 Å². The number of furan rings is 1. The number of halogens is 3. The summed E-state index contributed by atoms with van der Waals surface area (Å²) in [5.41, 5.74) is 1.90. The van der Waals surface area contributed by atoms with Crippen LogP contribution in [0.5, 0.6) is 0 Å². The van der Waals surface area contributed by atoms with Crippen LogP contribution in [-0.2, 0) is 19.6 Å². The molecule has 43 heavy (non-hydrogen) atoms. The monoisotopic (exact) mass is 617 g/mol. The Balaban J connectivity index is 1.49. The summed E-state index contributed by atoms with van der Waals surface area (Å²) >= 11 is 0. The first-order valence-electron chi connectivity index (χ1n) is 12.8. The van der Waals surface area contributed by atoms with Crippen molar-refractivity contribution in [1.29, 1.82) is 0 Å². The summed E-state index contributed by atoms with van der Waals surface area (Å²) < 4.78 is 71.4. The van der Waals surface area contributed by atoms with Crippen molar-refractivity contribution in [3.05, 3.63) is 78.1 Å². The fourth-order valence-corrected chi connectivity index (χ4v) is 5.62. The molecule has 0 unspecified atom stereocenters. The number of sulfonamides is 1. The molecule has 226 valence electrons. The van der Waals surface area contributed by atoms with Gasteiger partial charge in [0, 0.05) is 16.6 Å². The number of benzene rings is 3. The molecule has 0 spiro atoms. The molecule has 0 aliphatic rings. The van der Waals surface area contributed by atoms with E-state index in [4.69, 9.17) is 4.42 Å². The number of hydrogen-bond acceptors (Lipinski definition) is 6. The van der Waals surface area contributed by atoms with E-state index < -0.39 is 45.9 Å². The largest absolute Gasteiger partial charge is 0.480 e. The zero-order valence-electron chi connectivity index (χ0n) is 22.9. The molecule has 0 saturated carbocycles. The molecule has 2 amide bonds. The van der Waals surface area contributed by atoms with Gasteiger partial charge in [0.1, 0.15) is 11.6 Å². The molecule has 0 saturated heterocycles. The summed E-state index contributed by atoms with van der Waals surface area (Å²) in [4.78, 5) is 35.7. The summed E-state index contributed by atoms with van der Waals surface area (Å²) in [6.07, 6.45) is -5.10. The fraction of sp³-hybridized carbons (Fsp3) is 0.207. The molecule has 1 heterocycles. The highest BCUT2D eigenvalue weighted by Gasteiger charge is 2.39. The first kappa shape index (κ1) is 31.3. The van der Waals surface area contributed by atoms with E-state index in [1.807, 2.05) is 0 Å². The molecule has 0 aliphatic carbocycles. The molecule has 3 aromatic carbocycles. The molecule has 0 fully saturated rings. The van der Waals surface area contributed by atoms with Crippen LogP contribution in [0.4, 0.5) is 24.5 Å². The van der Waals surface area contributed by atoms with Gasteiger partial charge in [0.15, 0.2) is 5.76 Å². The van der Waals surface area contributed by atoms with E-state index in [1.165, 1.54) is 37.3 Å². The Morgan fingerprint density at radius 1 is 0.884 bits per heavy atom. The Kier molecular flexibility index (Phi) is 8.64. The van der Waals surface area contributed by atoms with Crippen molar-refractivity contribution in [1.82, 2.24) is 4.72 Å². The van der Waals surface area contributed by atoms with Crippen LogP contribution >= 0.6 is 0 Å². The van der Waals surface area contributed by atoms with Gasteiger partial charge in [0.25, 0.3) is 5.91 Å².